The van der Waals surface area contributed by atoms with Gasteiger partial charge in [-0.1, -0.05) is 0 Å². The van der Waals surface area contributed by atoms with E-state index in [1.54, 1.807) is 0 Å². The molecule has 0 aliphatic rings. The molecule has 1 aromatic rings. The molecule has 8 nitrogen and oxygen atoms in total. The number of nitrogen functional groups attached to an aromatic ring is 3. The van der Waals surface area contributed by atoms with Crippen molar-refractivity contribution >= 4 is 17.8 Å². The van der Waals surface area contributed by atoms with Crippen molar-refractivity contribution in [1.82, 2.24) is 15.0 Å². The van der Waals surface area contributed by atoms with Gasteiger partial charge in [-0.25, -0.2) is 0 Å². The van der Waals surface area contributed by atoms with Gasteiger partial charge >= 0.3 is 0 Å². The molecule has 0 aliphatic carbocycles. The molecular formula is C5H12N6O2. The highest BCUT2D eigenvalue weighted by Gasteiger charge is 1.93. The van der Waals surface area contributed by atoms with Crippen LogP contribution in [0.2, 0.25) is 0 Å². The van der Waals surface area contributed by atoms with E-state index in [0.29, 0.717) is 0 Å². The zero-order valence-electron chi connectivity index (χ0n) is 7.14. The van der Waals surface area contributed by atoms with Crippen LogP contribution >= 0.6 is 0 Å². The average molecular weight is 188 g/mol. The first kappa shape index (κ1) is 11.3. The Morgan fingerprint density at radius 2 is 1.31 bits per heavy atom. The molecule has 0 spiro atoms. The number of nitrogens with two attached hydrogens (primary N) is 3. The smallest absolute Gasteiger partial charge is 0.226 e. The Kier molecular flexibility index (Phi) is 5.15. The molecule has 7 N–H and O–H groups in total. The lowest BCUT2D eigenvalue weighted by molar-refractivity contribution is 0.0325. The summed E-state index contributed by atoms with van der Waals surface area (Å²) in [5.74, 6) is 0.125. The number of nitrogens with zero attached hydrogens (tertiary/aromatic N) is 3. The summed E-state index contributed by atoms with van der Waals surface area (Å²) in [5, 5.41) is 7.65. The van der Waals surface area contributed by atoms with E-state index in [4.69, 9.17) is 22.3 Å². The molecule has 0 fully saturated rings. The van der Waals surface area contributed by atoms with Crippen molar-refractivity contribution in [3.63, 3.8) is 0 Å². The number of aromatic nitrogens is 3. The molecule has 74 valence electrons. The van der Waals surface area contributed by atoms with Crippen LogP contribution in [0.25, 0.3) is 0 Å². The number of hydrogen-bond donors (Lipinski definition) is 4. The van der Waals surface area contributed by atoms with Crippen LogP contribution in [-0.4, -0.2) is 34.0 Å². The van der Waals surface area contributed by atoms with E-state index in [2.05, 4.69) is 19.7 Å². The molecule has 0 radical (unpaired) electrons. The zero-order valence-corrected chi connectivity index (χ0v) is 7.14. The lowest BCUT2D eigenvalue weighted by Crippen LogP contribution is -2.05. The molecule has 0 atom stereocenters. The van der Waals surface area contributed by atoms with E-state index >= 15 is 0 Å². The Morgan fingerprint density at radius 3 is 1.46 bits per heavy atom. The van der Waals surface area contributed by atoms with E-state index in [1.807, 2.05) is 0 Å². The Morgan fingerprint density at radius 1 is 1.08 bits per heavy atom. The van der Waals surface area contributed by atoms with Gasteiger partial charge in [-0.2, -0.15) is 15.0 Å². The third kappa shape index (κ3) is 5.58. The van der Waals surface area contributed by atoms with Gasteiger partial charge < -0.3 is 27.0 Å². The van der Waals surface area contributed by atoms with Crippen LogP contribution in [0.3, 0.4) is 0 Å². The van der Waals surface area contributed by atoms with E-state index in [1.165, 1.54) is 7.11 Å². The molecule has 0 saturated carbocycles. The second-order valence-electron chi connectivity index (χ2n) is 1.83. The fourth-order valence-corrected chi connectivity index (χ4v) is 0.427. The van der Waals surface area contributed by atoms with Gasteiger partial charge in [0, 0.05) is 7.11 Å². The quantitative estimate of drug-likeness (QED) is 0.377. The number of hydrogen-bond acceptors (Lipinski definition) is 8. The molecular weight excluding hydrogens is 176 g/mol. The zero-order chi connectivity index (χ0) is 10.3. The molecule has 13 heavy (non-hydrogen) atoms. The summed E-state index contributed by atoms with van der Waals surface area (Å²) in [4.78, 5) is 10.5. The minimum Gasteiger partial charge on any atom is -0.371 e. The first-order chi connectivity index (χ1) is 6.10. The lowest BCUT2D eigenvalue weighted by atomic mass is 10.9. The third-order valence-electron chi connectivity index (χ3n) is 0.816. The first-order valence-electron chi connectivity index (χ1n) is 3.22. The van der Waals surface area contributed by atoms with Gasteiger partial charge in [-0.05, 0) is 0 Å². The van der Waals surface area contributed by atoms with E-state index in [9.17, 15) is 0 Å². The normalized spacial score (nSPS) is 8.77. The van der Waals surface area contributed by atoms with Crippen molar-refractivity contribution < 1.29 is 9.84 Å². The van der Waals surface area contributed by atoms with Crippen molar-refractivity contribution in [1.29, 1.82) is 0 Å². The van der Waals surface area contributed by atoms with Gasteiger partial charge in [0.15, 0.2) is 0 Å². The predicted molar refractivity (Wildman–Crippen MR) is 47.2 cm³/mol. The fraction of sp³-hybridized carbons (Fsp3) is 0.400. The second-order valence-corrected chi connectivity index (χ2v) is 1.83. The maximum absolute atomic E-state index is 7.65. The van der Waals surface area contributed by atoms with Gasteiger partial charge in [0.25, 0.3) is 0 Å². The highest BCUT2D eigenvalue weighted by Crippen LogP contribution is 1.97. The monoisotopic (exact) mass is 188 g/mol. The molecule has 1 rings (SSSR count). The van der Waals surface area contributed by atoms with Crippen LogP contribution in [-0.2, 0) is 4.74 Å². The number of ether oxygens (including phenoxy) is 1. The minimum absolute atomic E-state index is 0.0417. The Labute approximate surface area is 74.8 Å². The van der Waals surface area contributed by atoms with Crippen LogP contribution in [0, 0.1) is 0 Å². The van der Waals surface area contributed by atoms with Crippen LogP contribution in [0.15, 0.2) is 0 Å². The van der Waals surface area contributed by atoms with Crippen molar-refractivity contribution in [2.24, 2.45) is 0 Å². The van der Waals surface area contributed by atoms with Gasteiger partial charge in [0.2, 0.25) is 17.8 Å². The lowest BCUT2D eigenvalue weighted by Gasteiger charge is -1.93. The second kappa shape index (κ2) is 5.91. The molecule has 0 aliphatic heterocycles. The molecule has 0 aromatic carbocycles. The van der Waals surface area contributed by atoms with Crippen molar-refractivity contribution in [3.05, 3.63) is 0 Å². The van der Waals surface area contributed by atoms with Crippen LogP contribution in [0.1, 0.15) is 0 Å². The summed E-state index contributed by atoms with van der Waals surface area (Å²) in [6.45, 7) is -0.181. The maximum Gasteiger partial charge on any atom is 0.226 e. The Balaban J connectivity index is 0.000000310. The highest BCUT2D eigenvalue weighted by atomic mass is 16.6. The van der Waals surface area contributed by atoms with Crippen LogP contribution in [0.4, 0.5) is 17.8 Å². The molecule has 1 heterocycles. The molecule has 0 amide bonds. The SMILES string of the molecule is COCO.Nc1nc(N)nc(N)n1. The summed E-state index contributed by atoms with van der Waals surface area (Å²) in [6.07, 6.45) is 0. The van der Waals surface area contributed by atoms with Gasteiger partial charge in [-0.15, -0.1) is 0 Å². The average Bonchev–Trinajstić information content (AvgIpc) is 2.02. The summed E-state index contributed by atoms with van der Waals surface area (Å²) < 4.78 is 4.10. The number of aliphatic hydroxyl groups excluding tert-OH is 1. The highest BCUT2D eigenvalue weighted by molar-refractivity contribution is 5.33. The fourth-order valence-electron chi connectivity index (χ4n) is 0.427. The van der Waals surface area contributed by atoms with Crippen LogP contribution in [0.5, 0.6) is 0 Å². The number of aliphatic hydroxyl groups is 1. The van der Waals surface area contributed by atoms with E-state index in [-0.39, 0.29) is 24.6 Å². The topological polar surface area (TPSA) is 146 Å². The first-order valence-corrected chi connectivity index (χ1v) is 3.22. The van der Waals surface area contributed by atoms with Gasteiger partial charge in [0.1, 0.15) is 6.79 Å². The molecule has 0 saturated heterocycles. The predicted octanol–water partition coefficient (Wildman–Crippen LogP) is -1.80. The number of methoxy groups -OCH3 is 1. The summed E-state index contributed by atoms with van der Waals surface area (Å²) >= 11 is 0. The Bertz CT molecular complexity index is 202. The largest absolute Gasteiger partial charge is 0.371 e. The van der Waals surface area contributed by atoms with Gasteiger partial charge in [0.05, 0.1) is 0 Å². The molecule has 0 bridgehead atoms. The summed E-state index contributed by atoms with van der Waals surface area (Å²) in [7, 11) is 1.43. The number of rotatable bonds is 1. The Hall–Kier alpha value is -1.67. The molecule has 1 aromatic heterocycles. The third-order valence-corrected chi connectivity index (χ3v) is 0.816. The van der Waals surface area contributed by atoms with Crippen LogP contribution < -0.4 is 17.2 Å². The standard InChI is InChI=1S/C3H6N6.C2H6O2/c4-1-7-2(5)9-3(6)8-1;1-4-2-3/h(H6,4,5,6,7,8,9);3H,2H2,1H3. The summed E-state index contributed by atoms with van der Waals surface area (Å²) in [5.41, 5.74) is 15.4. The van der Waals surface area contributed by atoms with Crippen molar-refractivity contribution in [2.75, 3.05) is 31.1 Å². The van der Waals surface area contributed by atoms with Crippen molar-refractivity contribution in [3.8, 4) is 0 Å². The van der Waals surface area contributed by atoms with Gasteiger partial charge in [-0.3, -0.25) is 0 Å². The van der Waals surface area contributed by atoms with Crippen molar-refractivity contribution in [2.45, 2.75) is 0 Å². The summed E-state index contributed by atoms with van der Waals surface area (Å²) in [6, 6.07) is 0. The molecule has 0 unspecified atom stereocenters. The van der Waals surface area contributed by atoms with E-state index < -0.39 is 0 Å². The van der Waals surface area contributed by atoms with E-state index in [0.717, 1.165) is 0 Å². The minimum atomic E-state index is -0.181. The number of anilines is 3. The maximum atomic E-state index is 7.65. The molecule has 8 heteroatoms.